The summed E-state index contributed by atoms with van der Waals surface area (Å²) in [6.45, 7) is 5.24. The summed E-state index contributed by atoms with van der Waals surface area (Å²) in [6, 6.07) is 19.6. The molecule has 34 heavy (non-hydrogen) atoms. The van der Waals surface area contributed by atoms with Crippen LogP contribution in [0.4, 0.5) is 4.79 Å². The fourth-order valence-corrected chi connectivity index (χ4v) is 5.10. The maximum Gasteiger partial charge on any atom is 0.408 e. The van der Waals surface area contributed by atoms with E-state index in [2.05, 4.69) is 45.9 Å². The van der Waals surface area contributed by atoms with Gasteiger partial charge in [-0.05, 0) is 43.7 Å². The summed E-state index contributed by atoms with van der Waals surface area (Å²) in [5, 5.41) is 5.78. The Labute approximate surface area is 201 Å². The van der Waals surface area contributed by atoms with Crippen LogP contribution >= 0.6 is 0 Å². The zero-order valence-electron chi connectivity index (χ0n) is 19.9. The molecular formula is C27H35N3O4. The Morgan fingerprint density at radius 1 is 1.03 bits per heavy atom. The smallest absolute Gasteiger partial charge is 0.408 e. The molecule has 1 aliphatic carbocycles. The number of morpholine rings is 1. The lowest BCUT2D eigenvalue weighted by Crippen LogP contribution is -2.55. The van der Waals surface area contributed by atoms with Crippen molar-refractivity contribution in [2.45, 2.75) is 56.8 Å². The number of benzene rings is 2. The Kier molecular flexibility index (Phi) is 8.19. The molecule has 7 heteroatoms. The summed E-state index contributed by atoms with van der Waals surface area (Å²) in [6.07, 6.45) is 3.14. The number of nitrogens with zero attached hydrogens (tertiary/aromatic N) is 1. The van der Waals surface area contributed by atoms with Crippen LogP contribution in [0.25, 0.3) is 0 Å². The SMILES string of the molecule is CC(NC(=O)OCc1ccccc1)C(=O)NC1CCC(c2ccccc2)(N2CCOCC2)CC1. The van der Waals surface area contributed by atoms with E-state index < -0.39 is 12.1 Å². The van der Waals surface area contributed by atoms with E-state index >= 15 is 0 Å². The lowest BCUT2D eigenvalue weighted by molar-refractivity contribution is -0.124. The second-order valence-corrected chi connectivity index (χ2v) is 9.21. The van der Waals surface area contributed by atoms with Gasteiger partial charge in [-0.25, -0.2) is 4.79 Å². The fraction of sp³-hybridized carbons (Fsp3) is 0.481. The standard InChI is InChI=1S/C27H35N3O4/c1-21(28-26(32)34-20-22-8-4-2-5-9-22)25(31)29-24-12-14-27(15-13-24,23-10-6-3-7-11-23)30-16-18-33-19-17-30/h2-11,21,24H,12-20H2,1H3,(H,28,32)(H,29,31). The minimum Gasteiger partial charge on any atom is -0.445 e. The van der Waals surface area contributed by atoms with Gasteiger partial charge in [0.2, 0.25) is 5.91 Å². The van der Waals surface area contributed by atoms with E-state index in [4.69, 9.17) is 9.47 Å². The highest BCUT2D eigenvalue weighted by Crippen LogP contribution is 2.42. The molecule has 2 amide bonds. The van der Waals surface area contributed by atoms with Crippen molar-refractivity contribution in [3.63, 3.8) is 0 Å². The topological polar surface area (TPSA) is 79.9 Å². The minimum atomic E-state index is -0.664. The molecule has 1 saturated carbocycles. The van der Waals surface area contributed by atoms with Crippen LogP contribution in [-0.2, 0) is 26.4 Å². The van der Waals surface area contributed by atoms with Crippen LogP contribution in [0.15, 0.2) is 60.7 Å². The molecule has 0 bridgehead atoms. The first-order valence-corrected chi connectivity index (χ1v) is 12.2. The van der Waals surface area contributed by atoms with Crippen molar-refractivity contribution >= 4 is 12.0 Å². The number of carbonyl (C=O) groups is 2. The van der Waals surface area contributed by atoms with Gasteiger partial charge < -0.3 is 20.1 Å². The summed E-state index contributed by atoms with van der Waals surface area (Å²) < 4.78 is 10.8. The van der Waals surface area contributed by atoms with Gasteiger partial charge in [-0.3, -0.25) is 9.69 Å². The largest absolute Gasteiger partial charge is 0.445 e. The molecule has 2 aromatic carbocycles. The first-order valence-electron chi connectivity index (χ1n) is 12.2. The molecule has 182 valence electrons. The molecule has 0 spiro atoms. The average Bonchev–Trinajstić information content (AvgIpc) is 2.89. The zero-order chi connectivity index (χ0) is 23.8. The third kappa shape index (κ3) is 5.96. The van der Waals surface area contributed by atoms with Crippen LogP contribution in [0.2, 0.25) is 0 Å². The van der Waals surface area contributed by atoms with Gasteiger partial charge in [-0.2, -0.15) is 0 Å². The number of ether oxygens (including phenoxy) is 2. The van der Waals surface area contributed by atoms with Crippen molar-refractivity contribution in [1.29, 1.82) is 0 Å². The second-order valence-electron chi connectivity index (χ2n) is 9.21. The molecule has 2 aromatic rings. The monoisotopic (exact) mass is 465 g/mol. The Balaban J connectivity index is 1.29. The summed E-state index contributed by atoms with van der Waals surface area (Å²) in [4.78, 5) is 27.4. The van der Waals surface area contributed by atoms with E-state index in [0.29, 0.717) is 0 Å². The quantitative estimate of drug-likeness (QED) is 0.653. The van der Waals surface area contributed by atoms with Crippen molar-refractivity contribution < 1.29 is 19.1 Å². The van der Waals surface area contributed by atoms with E-state index in [-0.39, 0.29) is 24.1 Å². The molecular weight excluding hydrogens is 430 g/mol. The van der Waals surface area contributed by atoms with Crippen LogP contribution in [0.3, 0.4) is 0 Å². The highest BCUT2D eigenvalue weighted by Gasteiger charge is 2.42. The van der Waals surface area contributed by atoms with Gasteiger partial charge in [0.05, 0.1) is 13.2 Å². The van der Waals surface area contributed by atoms with E-state index in [1.165, 1.54) is 5.56 Å². The lowest BCUT2D eigenvalue weighted by atomic mass is 9.73. The molecule has 4 rings (SSSR count). The van der Waals surface area contributed by atoms with Crippen LogP contribution in [0.5, 0.6) is 0 Å². The molecule has 0 radical (unpaired) electrons. The Bertz CT molecular complexity index is 923. The van der Waals surface area contributed by atoms with E-state index in [0.717, 1.165) is 57.6 Å². The van der Waals surface area contributed by atoms with E-state index in [9.17, 15) is 9.59 Å². The summed E-state index contributed by atoms with van der Waals surface area (Å²) in [5.74, 6) is -0.180. The van der Waals surface area contributed by atoms with Crippen molar-refractivity contribution in [2.24, 2.45) is 0 Å². The molecule has 2 aliphatic rings. The van der Waals surface area contributed by atoms with Gasteiger partial charge in [-0.15, -0.1) is 0 Å². The van der Waals surface area contributed by atoms with Gasteiger partial charge in [0.1, 0.15) is 12.6 Å². The minimum absolute atomic E-state index is 0.0165. The van der Waals surface area contributed by atoms with Gasteiger partial charge in [0, 0.05) is 24.7 Å². The average molecular weight is 466 g/mol. The number of nitrogens with one attached hydrogen (secondary N) is 2. The number of carbonyl (C=O) groups excluding carboxylic acids is 2. The van der Waals surface area contributed by atoms with Crippen LogP contribution in [0, 0.1) is 0 Å². The van der Waals surface area contributed by atoms with Gasteiger partial charge in [-0.1, -0.05) is 60.7 Å². The molecule has 1 unspecified atom stereocenters. The maximum atomic E-state index is 12.7. The fourth-order valence-electron chi connectivity index (χ4n) is 5.10. The van der Waals surface area contributed by atoms with Crippen LogP contribution in [0.1, 0.15) is 43.7 Å². The van der Waals surface area contributed by atoms with Crippen LogP contribution < -0.4 is 10.6 Å². The first kappa shape index (κ1) is 24.2. The highest BCUT2D eigenvalue weighted by atomic mass is 16.5. The predicted octanol–water partition coefficient (Wildman–Crippen LogP) is 3.59. The third-order valence-corrected chi connectivity index (χ3v) is 7.03. The summed E-state index contributed by atoms with van der Waals surface area (Å²) in [5.41, 5.74) is 2.23. The molecule has 2 fully saturated rings. The highest BCUT2D eigenvalue weighted by molar-refractivity contribution is 5.85. The Morgan fingerprint density at radius 3 is 2.29 bits per heavy atom. The summed E-state index contributed by atoms with van der Waals surface area (Å²) >= 11 is 0. The first-order chi connectivity index (χ1) is 16.6. The maximum absolute atomic E-state index is 12.7. The van der Waals surface area contributed by atoms with Gasteiger partial charge >= 0.3 is 6.09 Å². The predicted molar refractivity (Wildman–Crippen MR) is 130 cm³/mol. The van der Waals surface area contributed by atoms with E-state index in [1.807, 2.05) is 30.3 Å². The van der Waals surface area contributed by atoms with Gasteiger partial charge in [0.15, 0.2) is 0 Å². The molecule has 7 nitrogen and oxygen atoms in total. The molecule has 1 saturated heterocycles. The van der Waals surface area contributed by atoms with Crippen molar-refractivity contribution in [3.8, 4) is 0 Å². The number of hydrogen-bond acceptors (Lipinski definition) is 5. The van der Waals surface area contributed by atoms with Crippen molar-refractivity contribution in [3.05, 3.63) is 71.8 Å². The number of amides is 2. The van der Waals surface area contributed by atoms with Crippen molar-refractivity contribution in [1.82, 2.24) is 15.5 Å². The lowest BCUT2D eigenvalue weighted by Gasteiger charge is -2.50. The summed E-state index contributed by atoms with van der Waals surface area (Å²) in [7, 11) is 0. The molecule has 1 atom stereocenters. The number of hydrogen-bond donors (Lipinski definition) is 2. The van der Waals surface area contributed by atoms with Crippen LogP contribution in [-0.4, -0.2) is 55.3 Å². The second kappa shape index (κ2) is 11.5. The normalized spacial score (nSPS) is 24.1. The number of alkyl carbamates (subject to hydrolysis) is 1. The molecule has 2 N–H and O–H groups in total. The Morgan fingerprint density at radius 2 is 1.65 bits per heavy atom. The third-order valence-electron chi connectivity index (χ3n) is 7.03. The molecule has 1 heterocycles. The van der Waals surface area contributed by atoms with E-state index in [1.54, 1.807) is 6.92 Å². The zero-order valence-corrected chi connectivity index (χ0v) is 19.9. The molecule has 1 aliphatic heterocycles. The van der Waals surface area contributed by atoms with Crippen molar-refractivity contribution in [2.75, 3.05) is 26.3 Å². The molecule has 0 aromatic heterocycles. The Hall–Kier alpha value is -2.90. The van der Waals surface area contributed by atoms with Gasteiger partial charge in [0.25, 0.3) is 0 Å². The number of rotatable bonds is 7.